The first-order chi connectivity index (χ1) is 12.0. The first-order valence-corrected chi connectivity index (χ1v) is 7.57. The molecule has 0 aliphatic carbocycles. The number of rotatable bonds is 2. The van der Waals surface area contributed by atoms with Crippen LogP contribution in [0.1, 0.15) is 26.3 Å². The second-order valence-electron chi connectivity index (χ2n) is 5.68. The van der Waals surface area contributed by atoms with Crippen LogP contribution in [-0.2, 0) is 0 Å². The minimum Gasteiger partial charge on any atom is -0.507 e. The van der Waals surface area contributed by atoms with Crippen molar-refractivity contribution < 1.29 is 24.5 Å². The van der Waals surface area contributed by atoms with E-state index in [4.69, 9.17) is 9.84 Å². The van der Waals surface area contributed by atoms with Crippen LogP contribution >= 0.6 is 0 Å². The number of fused-ring (bicyclic) bond motifs is 3. The molecular formula is C20H12O5. The largest absolute Gasteiger partial charge is 0.507 e. The molecule has 5 nitrogen and oxygen atoms in total. The lowest BCUT2D eigenvalue weighted by atomic mass is 10.0. The smallest absolute Gasteiger partial charge is 0.339 e. The number of Topliss-reactive ketones (excluding diaryl/α,β-unsaturated/α-hetero) is 1. The van der Waals surface area contributed by atoms with Crippen molar-refractivity contribution in [2.75, 3.05) is 0 Å². The molecule has 0 amide bonds. The molecule has 1 aliphatic heterocycles. The molecule has 0 saturated carbocycles. The van der Waals surface area contributed by atoms with Crippen molar-refractivity contribution in [3.63, 3.8) is 0 Å². The van der Waals surface area contributed by atoms with Crippen LogP contribution in [0.4, 0.5) is 0 Å². The molecule has 3 aromatic carbocycles. The van der Waals surface area contributed by atoms with Crippen LogP contribution < -0.4 is 4.74 Å². The van der Waals surface area contributed by atoms with Crippen molar-refractivity contribution in [2.45, 2.75) is 0 Å². The van der Waals surface area contributed by atoms with Crippen molar-refractivity contribution in [1.29, 1.82) is 0 Å². The summed E-state index contributed by atoms with van der Waals surface area (Å²) in [5.41, 5.74) is 0.722. The summed E-state index contributed by atoms with van der Waals surface area (Å²) in [6.45, 7) is 0. The molecular weight excluding hydrogens is 320 g/mol. The Hall–Kier alpha value is -3.60. The molecule has 122 valence electrons. The fourth-order valence-electron chi connectivity index (χ4n) is 2.92. The number of allylic oxidation sites excluding steroid dienone is 1. The van der Waals surface area contributed by atoms with Gasteiger partial charge >= 0.3 is 5.97 Å². The number of hydrogen-bond acceptors (Lipinski definition) is 4. The number of aromatic hydroxyl groups is 1. The molecule has 0 radical (unpaired) electrons. The van der Waals surface area contributed by atoms with Crippen molar-refractivity contribution in [1.82, 2.24) is 0 Å². The summed E-state index contributed by atoms with van der Waals surface area (Å²) in [6.07, 6.45) is 1.48. The molecule has 2 N–H and O–H groups in total. The standard InChI is InChI=1S/C20H12O5/c21-15-7-5-11(9-14(15)20(23)24)10-17-19(22)18-13-4-2-1-3-12(13)6-8-16(18)25-17/h1-10,21H,(H,23,24)/b17-10-. The van der Waals surface area contributed by atoms with Gasteiger partial charge in [0.25, 0.3) is 0 Å². The molecule has 0 unspecified atom stereocenters. The summed E-state index contributed by atoms with van der Waals surface area (Å²) in [5, 5.41) is 20.4. The maximum atomic E-state index is 12.7. The van der Waals surface area contributed by atoms with Gasteiger partial charge < -0.3 is 14.9 Å². The Kier molecular flexibility index (Phi) is 3.28. The van der Waals surface area contributed by atoms with E-state index in [1.54, 1.807) is 6.07 Å². The Bertz CT molecular complexity index is 1080. The zero-order valence-electron chi connectivity index (χ0n) is 12.9. The molecule has 0 spiro atoms. The molecule has 0 bridgehead atoms. The number of carbonyl (C=O) groups is 2. The molecule has 1 heterocycles. The van der Waals surface area contributed by atoms with E-state index >= 15 is 0 Å². The molecule has 25 heavy (non-hydrogen) atoms. The van der Waals surface area contributed by atoms with Crippen LogP contribution in [0.15, 0.2) is 60.4 Å². The van der Waals surface area contributed by atoms with Crippen LogP contribution in [0.25, 0.3) is 16.8 Å². The van der Waals surface area contributed by atoms with Gasteiger partial charge in [-0.3, -0.25) is 4.79 Å². The van der Waals surface area contributed by atoms with Crippen molar-refractivity contribution in [3.8, 4) is 11.5 Å². The Labute approximate surface area is 142 Å². The minimum absolute atomic E-state index is 0.119. The normalized spacial score (nSPS) is 14.6. The van der Waals surface area contributed by atoms with Gasteiger partial charge in [0.05, 0.1) is 5.56 Å². The molecule has 3 aromatic rings. The second-order valence-corrected chi connectivity index (χ2v) is 5.68. The van der Waals surface area contributed by atoms with Crippen LogP contribution in [0.5, 0.6) is 11.5 Å². The maximum Gasteiger partial charge on any atom is 0.339 e. The van der Waals surface area contributed by atoms with Gasteiger partial charge in [0, 0.05) is 0 Å². The summed E-state index contributed by atoms with van der Waals surface area (Å²) in [6, 6.07) is 15.3. The molecule has 0 fully saturated rings. The Balaban J connectivity index is 1.80. The lowest BCUT2D eigenvalue weighted by Crippen LogP contribution is -2.00. The third-order valence-electron chi connectivity index (χ3n) is 4.11. The Morgan fingerprint density at radius 2 is 1.84 bits per heavy atom. The maximum absolute atomic E-state index is 12.7. The third-order valence-corrected chi connectivity index (χ3v) is 4.11. The zero-order valence-corrected chi connectivity index (χ0v) is 12.9. The van der Waals surface area contributed by atoms with Crippen LogP contribution in [0.2, 0.25) is 0 Å². The van der Waals surface area contributed by atoms with Gasteiger partial charge in [-0.05, 0) is 40.6 Å². The fraction of sp³-hybridized carbons (Fsp3) is 0. The van der Waals surface area contributed by atoms with Gasteiger partial charge in [-0.15, -0.1) is 0 Å². The fourth-order valence-corrected chi connectivity index (χ4v) is 2.92. The summed E-state index contributed by atoms with van der Waals surface area (Å²) in [5.74, 6) is -1.23. The van der Waals surface area contributed by atoms with Crippen molar-refractivity contribution in [3.05, 3.63) is 77.0 Å². The van der Waals surface area contributed by atoms with E-state index in [0.29, 0.717) is 16.9 Å². The summed E-state index contributed by atoms with van der Waals surface area (Å²) in [4.78, 5) is 23.9. The summed E-state index contributed by atoms with van der Waals surface area (Å²) < 4.78 is 5.66. The molecule has 0 atom stereocenters. The number of benzene rings is 3. The zero-order chi connectivity index (χ0) is 17.6. The van der Waals surface area contributed by atoms with E-state index in [0.717, 1.165) is 10.8 Å². The number of phenols is 1. The number of carbonyl (C=O) groups excluding carboxylic acids is 1. The van der Waals surface area contributed by atoms with Gasteiger partial charge in [0.15, 0.2) is 5.76 Å². The summed E-state index contributed by atoms with van der Waals surface area (Å²) >= 11 is 0. The van der Waals surface area contributed by atoms with E-state index in [9.17, 15) is 14.7 Å². The van der Waals surface area contributed by atoms with Gasteiger partial charge in [-0.2, -0.15) is 0 Å². The number of ketones is 1. The quantitative estimate of drug-likeness (QED) is 0.696. The number of carboxylic acids is 1. The molecule has 0 saturated heterocycles. The van der Waals surface area contributed by atoms with Gasteiger partial charge in [0.2, 0.25) is 5.78 Å². The Morgan fingerprint density at radius 1 is 1.04 bits per heavy atom. The van der Waals surface area contributed by atoms with Gasteiger partial charge in [-0.25, -0.2) is 4.79 Å². The number of ether oxygens (including phenoxy) is 1. The monoisotopic (exact) mass is 332 g/mol. The lowest BCUT2D eigenvalue weighted by molar-refractivity contribution is 0.0693. The van der Waals surface area contributed by atoms with Gasteiger partial charge in [0.1, 0.15) is 17.1 Å². The van der Waals surface area contributed by atoms with E-state index < -0.39 is 5.97 Å². The number of carboxylic acid groups (broad SMARTS) is 1. The summed E-state index contributed by atoms with van der Waals surface area (Å²) in [7, 11) is 0. The highest BCUT2D eigenvalue weighted by atomic mass is 16.5. The molecule has 4 rings (SSSR count). The van der Waals surface area contributed by atoms with E-state index in [1.165, 1.54) is 24.3 Å². The van der Waals surface area contributed by atoms with Crippen molar-refractivity contribution >= 4 is 28.6 Å². The van der Waals surface area contributed by atoms with E-state index in [-0.39, 0.29) is 22.9 Å². The number of hydrogen-bond donors (Lipinski definition) is 2. The van der Waals surface area contributed by atoms with Crippen LogP contribution in [-0.4, -0.2) is 22.0 Å². The Morgan fingerprint density at radius 3 is 2.64 bits per heavy atom. The highest BCUT2D eigenvalue weighted by Gasteiger charge is 2.29. The SMILES string of the molecule is O=C(O)c1cc(/C=C2\Oc3ccc4ccccc4c3C2=O)ccc1O. The van der Waals surface area contributed by atoms with Crippen LogP contribution in [0, 0.1) is 0 Å². The van der Waals surface area contributed by atoms with Crippen molar-refractivity contribution in [2.24, 2.45) is 0 Å². The van der Waals surface area contributed by atoms with Gasteiger partial charge in [-0.1, -0.05) is 36.4 Å². The molecule has 1 aliphatic rings. The highest BCUT2D eigenvalue weighted by Crippen LogP contribution is 2.37. The van der Waals surface area contributed by atoms with Crippen LogP contribution in [0.3, 0.4) is 0 Å². The first-order valence-electron chi connectivity index (χ1n) is 7.57. The highest BCUT2D eigenvalue weighted by molar-refractivity contribution is 6.21. The predicted molar refractivity (Wildman–Crippen MR) is 91.9 cm³/mol. The van der Waals surface area contributed by atoms with E-state index in [2.05, 4.69) is 0 Å². The number of aromatic carboxylic acids is 1. The topological polar surface area (TPSA) is 83.8 Å². The average Bonchev–Trinajstić information content (AvgIpc) is 2.92. The minimum atomic E-state index is -1.24. The first kappa shape index (κ1) is 15.0. The average molecular weight is 332 g/mol. The van der Waals surface area contributed by atoms with E-state index in [1.807, 2.05) is 30.3 Å². The lowest BCUT2D eigenvalue weighted by Gasteiger charge is -2.02. The third kappa shape index (κ3) is 2.42. The molecule has 5 heteroatoms. The second kappa shape index (κ2) is 5.49. The predicted octanol–water partition coefficient (Wildman–Crippen LogP) is 3.86. The molecule has 0 aromatic heterocycles.